The van der Waals surface area contributed by atoms with Gasteiger partial charge in [-0.05, 0) is 37.9 Å². The van der Waals surface area contributed by atoms with Crippen molar-refractivity contribution in [3.8, 4) is 0 Å². The minimum Gasteiger partial charge on any atom is -0.355 e. The highest BCUT2D eigenvalue weighted by Gasteiger charge is 2.40. The predicted molar refractivity (Wildman–Crippen MR) is 85.1 cm³/mol. The first-order valence-corrected chi connectivity index (χ1v) is 7.50. The number of rotatable bonds is 6. The molecule has 0 unspecified atom stereocenters. The Labute approximate surface area is 136 Å². The smallest absolute Gasteiger partial charge is 0.220 e. The number of nitrogens with two attached hydrogens (primary N) is 1. The van der Waals surface area contributed by atoms with Crippen molar-refractivity contribution < 1.29 is 13.6 Å². The van der Waals surface area contributed by atoms with Gasteiger partial charge < -0.3 is 11.1 Å². The summed E-state index contributed by atoms with van der Waals surface area (Å²) in [5.74, 6) is -1.15. The van der Waals surface area contributed by atoms with Gasteiger partial charge in [0.1, 0.15) is 11.6 Å². The zero-order valence-electron chi connectivity index (χ0n) is 12.5. The van der Waals surface area contributed by atoms with E-state index in [4.69, 9.17) is 5.73 Å². The summed E-state index contributed by atoms with van der Waals surface area (Å²) in [6.07, 6.45) is 4.21. The van der Waals surface area contributed by atoms with Crippen molar-refractivity contribution in [3.05, 3.63) is 35.4 Å². The number of hydrogen-bond donors (Lipinski definition) is 2. The molecule has 0 spiro atoms. The van der Waals surface area contributed by atoms with Crippen molar-refractivity contribution in [3.63, 3.8) is 0 Å². The normalized spacial score (nSPS) is 16.1. The van der Waals surface area contributed by atoms with E-state index in [1.807, 2.05) is 0 Å². The van der Waals surface area contributed by atoms with Crippen LogP contribution in [0.1, 0.15) is 44.1 Å². The summed E-state index contributed by atoms with van der Waals surface area (Å²) >= 11 is 0. The fourth-order valence-electron chi connectivity index (χ4n) is 3.19. The SMILES string of the molecule is Cl.NCCCC(=O)NCC1(c2c(F)cccc2F)CCCC1. The number of nitrogens with one attached hydrogen (secondary N) is 1. The molecule has 22 heavy (non-hydrogen) atoms. The lowest BCUT2D eigenvalue weighted by molar-refractivity contribution is -0.121. The van der Waals surface area contributed by atoms with Crippen molar-refractivity contribution in [2.45, 2.75) is 43.9 Å². The van der Waals surface area contributed by atoms with Gasteiger partial charge >= 0.3 is 0 Å². The van der Waals surface area contributed by atoms with Crippen LogP contribution in [0.4, 0.5) is 8.78 Å². The Morgan fingerprint density at radius 2 is 1.82 bits per heavy atom. The molecule has 1 aromatic rings. The van der Waals surface area contributed by atoms with Crippen LogP contribution in [0.5, 0.6) is 0 Å². The summed E-state index contributed by atoms with van der Waals surface area (Å²) in [7, 11) is 0. The molecule has 1 saturated carbocycles. The van der Waals surface area contributed by atoms with E-state index in [1.54, 1.807) is 0 Å². The molecular formula is C16H23ClF2N2O. The third-order valence-corrected chi connectivity index (χ3v) is 4.29. The van der Waals surface area contributed by atoms with E-state index >= 15 is 0 Å². The molecular weight excluding hydrogens is 310 g/mol. The van der Waals surface area contributed by atoms with Gasteiger partial charge in [-0.1, -0.05) is 18.9 Å². The highest BCUT2D eigenvalue weighted by molar-refractivity contribution is 5.85. The second-order valence-corrected chi connectivity index (χ2v) is 5.75. The summed E-state index contributed by atoms with van der Waals surface area (Å²) in [6.45, 7) is 0.745. The lowest BCUT2D eigenvalue weighted by Crippen LogP contribution is -2.40. The molecule has 0 bridgehead atoms. The lowest BCUT2D eigenvalue weighted by Gasteiger charge is -2.30. The highest BCUT2D eigenvalue weighted by atomic mass is 35.5. The van der Waals surface area contributed by atoms with Gasteiger partial charge in [0, 0.05) is 23.9 Å². The van der Waals surface area contributed by atoms with Crippen molar-refractivity contribution in [2.24, 2.45) is 5.73 Å². The summed E-state index contributed by atoms with van der Waals surface area (Å²) in [5.41, 5.74) is 4.88. The molecule has 1 aliphatic rings. The first kappa shape index (κ1) is 18.8. The molecule has 1 fully saturated rings. The second kappa shape index (κ2) is 8.44. The molecule has 1 aromatic carbocycles. The van der Waals surface area contributed by atoms with Crippen LogP contribution in [0.25, 0.3) is 0 Å². The Hall–Kier alpha value is -1.20. The van der Waals surface area contributed by atoms with Crippen LogP contribution in [0.3, 0.4) is 0 Å². The average Bonchev–Trinajstić information content (AvgIpc) is 2.92. The topological polar surface area (TPSA) is 55.1 Å². The Morgan fingerprint density at radius 1 is 1.23 bits per heavy atom. The fraction of sp³-hybridized carbons (Fsp3) is 0.562. The summed E-state index contributed by atoms with van der Waals surface area (Å²) in [4.78, 5) is 11.7. The third-order valence-electron chi connectivity index (χ3n) is 4.29. The standard InChI is InChI=1S/C16H22F2N2O.ClH/c17-12-5-3-6-13(18)15(12)16(8-1-2-9-16)11-20-14(21)7-4-10-19;/h3,5-6H,1-2,4,7-11,19H2,(H,20,21);1H. The van der Waals surface area contributed by atoms with Crippen LogP contribution in [-0.2, 0) is 10.2 Å². The molecule has 2 rings (SSSR count). The molecule has 1 aliphatic carbocycles. The third kappa shape index (κ3) is 4.17. The Balaban J connectivity index is 0.00000242. The summed E-state index contributed by atoms with van der Waals surface area (Å²) in [5, 5.41) is 2.83. The molecule has 0 aliphatic heterocycles. The Kier molecular flexibility index (Phi) is 7.23. The van der Waals surface area contributed by atoms with Gasteiger partial charge in [0.05, 0.1) is 0 Å². The number of benzene rings is 1. The van der Waals surface area contributed by atoms with Crippen LogP contribution >= 0.6 is 12.4 Å². The van der Waals surface area contributed by atoms with Gasteiger partial charge in [0.2, 0.25) is 5.91 Å². The quantitative estimate of drug-likeness (QED) is 0.841. The molecule has 1 amide bonds. The van der Waals surface area contributed by atoms with E-state index in [2.05, 4.69) is 5.32 Å². The molecule has 3 nitrogen and oxygen atoms in total. The lowest BCUT2D eigenvalue weighted by atomic mass is 9.78. The minimum absolute atomic E-state index is 0. The number of halogens is 3. The molecule has 0 aromatic heterocycles. The van der Waals surface area contributed by atoms with Gasteiger partial charge in [-0.2, -0.15) is 0 Å². The summed E-state index contributed by atoms with van der Waals surface area (Å²) < 4.78 is 28.2. The molecule has 0 atom stereocenters. The fourth-order valence-corrected chi connectivity index (χ4v) is 3.19. The van der Waals surface area contributed by atoms with Crippen molar-refractivity contribution in [2.75, 3.05) is 13.1 Å². The molecule has 6 heteroatoms. The Morgan fingerprint density at radius 3 is 2.36 bits per heavy atom. The maximum Gasteiger partial charge on any atom is 0.220 e. The predicted octanol–water partition coefficient (Wildman–Crippen LogP) is 3.05. The van der Waals surface area contributed by atoms with Crippen LogP contribution < -0.4 is 11.1 Å². The van der Waals surface area contributed by atoms with E-state index < -0.39 is 17.0 Å². The number of amides is 1. The minimum atomic E-state index is -0.617. The highest BCUT2D eigenvalue weighted by Crippen LogP contribution is 2.42. The van der Waals surface area contributed by atoms with Crippen LogP contribution in [-0.4, -0.2) is 19.0 Å². The average molecular weight is 333 g/mol. The maximum atomic E-state index is 14.1. The number of hydrogen-bond acceptors (Lipinski definition) is 2. The van der Waals surface area contributed by atoms with E-state index in [0.717, 1.165) is 12.8 Å². The van der Waals surface area contributed by atoms with E-state index in [1.165, 1.54) is 18.2 Å². The maximum absolute atomic E-state index is 14.1. The van der Waals surface area contributed by atoms with Crippen LogP contribution in [0.2, 0.25) is 0 Å². The van der Waals surface area contributed by atoms with Gasteiger partial charge in [0.25, 0.3) is 0 Å². The van der Waals surface area contributed by atoms with Crippen LogP contribution in [0, 0.1) is 11.6 Å². The Bertz CT molecular complexity index is 485. The van der Waals surface area contributed by atoms with Gasteiger partial charge in [-0.15, -0.1) is 12.4 Å². The number of carbonyl (C=O) groups is 1. The van der Waals surface area contributed by atoms with E-state index in [0.29, 0.717) is 32.2 Å². The zero-order valence-corrected chi connectivity index (χ0v) is 13.4. The molecule has 124 valence electrons. The second-order valence-electron chi connectivity index (χ2n) is 5.75. The van der Waals surface area contributed by atoms with Gasteiger partial charge in [0.15, 0.2) is 0 Å². The monoisotopic (exact) mass is 332 g/mol. The molecule has 0 saturated heterocycles. The zero-order chi connectivity index (χ0) is 15.3. The first-order valence-electron chi connectivity index (χ1n) is 7.50. The van der Waals surface area contributed by atoms with Gasteiger partial charge in [-0.25, -0.2) is 8.78 Å². The molecule has 0 heterocycles. The molecule has 0 radical (unpaired) electrons. The van der Waals surface area contributed by atoms with Crippen LogP contribution in [0.15, 0.2) is 18.2 Å². The molecule has 3 N–H and O–H groups in total. The first-order chi connectivity index (χ1) is 10.1. The van der Waals surface area contributed by atoms with Gasteiger partial charge in [-0.3, -0.25) is 4.79 Å². The largest absolute Gasteiger partial charge is 0.355 e. The van der Waals surface area contributed by atoms with E-state index in [-0.39, 0.29) is 30.4 Å². The number of carbonyl (C=O) groups excluding carboxylic acids is 1. The van der Waals surface area contributed by atoms with Crippen molar-refractivity contribution >= 4 is 18.3 Å². The van der Waals surface area contributed by atoms with E-state index in [9.17, 15) is 13.6 Å². The summed E-state index contributed by atoms with van der Waals surface area (Å²) in [6, 6.07) is 3.94. The van der Waals surface area contributed by atoms with Crippen molar-refractivity contribution in [1.82, 2.24) is 5.32 Å². The van der Waals surface area contributed by atoms with Crippen molar-refractivity contribution in [1.29, 1.82) is 0 Å².